The van der Waals surface area contributed by atoms with Gasteiger partial charge in [-0.1, -0.05) is 15.9 Å². The Hall–Kier alpha value is -1.68. The monoisotopic (exact) mass is 273 g/mol. The average molecular weight is 274 g/mol. The molecule has 3 aromatic rings. The van der Waals surface area contributed by atoms with Gasteiger partial charge in [0, 0.05) is 22.3 Å². The van der Waals surface area contributed by atoms with Crippen LogP contribution in [-0.2, 0) is 0 Å². The number of aromatic nitrogens is 3. The van der Waals surface area contributed by atoms with Gasteiger partial charge in [-0.25, -0.2) is 9.67 Å². The number of halogens is 1. The van der Waals surface area contributed by atoms with E-state index in [-0.39, 0.29) is 0 Å². The topological polar surface area (TPSA) is 30.7 Å². The molecule has 0 unspecified atom stereocenters. The van der Waals surface area contributed by atoms with Crippen molar-refractivity contribution in [2.45, 2.75) is 0 Å². The van der Waals surface area contributed by atoms with Gasteiger partial charge in [-0.3, -0.25) is 0 Å². The molecule has 0 radical (unpaired) electrons. The van der Waals surface area contributed by atoms with Crippen LogP contribution in [0.4, 0.5) is 0 Å². The summed E-state index contributed by atoms with van der Waals surface area (Å²) in [6, 6.07) is 11.9. The van der Waals surface area contributed by atoms with Crippen LogP contribution in [0.1, 0.15) is 0 Å². The Morgan fingerprint density at radius 2 is 2.06 bits per heavy atom. The highest BCUT2D eigenvalue weighted by molar-refractivity contribution is 9.10. The van der Waals surface area contributed by atoms with Crippen molar-refractivity contribution >= 4 is 26.8 Å². The smallest absolute Gasteiger partial charge is 0.153 e. The summed E-state index contributed by atoms with van der Waals surface area (Å²) in [4.78, 5) is 4.54. The van der Waals surface area contributed by atoms with Gasteiger partial charge in [-0.05, 0) is 36.4 Å². The molecular formula is C12H8BrN3. The maximum Gasteiger partial charge on any atom is 0.153 e. The van der Waals surface area contributed by atoms with Crippen molar-refractivity contribution in [2.24, 2.45) is 0 Å². The fourth-order valence-corrected chi connectivity index (χ4v) is 2.00. The SMILES string of the molecule is Brc1ccc2nc(-n3cccn3)ccc2c1. The second-order valence-electron chi connectivity index (χ2n) is 3.46. The molecule has 0 bridgehead atoms. The highest BCUT2D eigenvalue weighted by Crippen LogP contribution is 2.19. The van der Waals surface area contributed by atoms with Crippen molar-refractivity contribution in [3.8, 4) is 5.82 Å². The Morgan fingerprint density at radius 1 is 1.12 bits per heavy atom. The molecule has 3 rings (SSSR count). The highest BCUT2D eigenvalue weighted by atomic mass is 79.9. The standard InChI is InChI=1S/C12H8BrN3/c13-10-3-4-11-9(8-10)2-5-12(15-11)16-7-1-6-14-16/h1-8H. The lowest BCUT2D eigenvalue weighted by molar-refractivity contribution is 0.853. The summed E-state index contributed by atoms with van der Waals surface area (Å²) in [6.07, 6.45) is 3.63. The van der Waals surface area contributed by atoms with Crippen molar-refractivity contribution in [3.63, 3.8) is 0 Å². The van der Waals surface area contributed by atoms with Crippen LogP contribution in [0.25, 0.3) is 16.7 Å². The average Bonchev–Trinajstić information content (AvgIpc) is 2.82. The van der Waals surface area contributed by atoms with Crippen molar-refractivity contribution < 1.29 is 0 Å². The van der Waals surface area contributed by atoms with Crippen molar-refractivity contribution in [1.82, 2.24) is 14.8 Å². The lowest BCUT2D eigenvalue weighted by atomic mass is 10.2. The molecule has 0 aliphatic heterocycles. The summed E-state index contributed by atoms with van der Waals surface area (Å²) < 4.78 is 2.82. The maximum absolute atomic E-state index is 4.54. The molecule has 16 heavy (non-hydrogen) atoms. The molecule has 0 saturated heterocycles. The Labute approximate surface area is 101 Å². The van der Waals surface area contributed by atoms with Crippen LogP contribution in [0.3, 0.4) is 0 Å². The minimum absolute atomic E-state index is 0.833. The molecule has 2 heterocycles. The quantitative estimate of drug-likeness (QED) is 0.682. The van der Waals surface area contributed by atoms with Crippen LogP contribution in [0.2, 0.25) is 0 Å². The molecular weight excluding hydrogens is 266 g/mol. The van der Waals surface area contributed by atoms with Gasteiger partial charge in [0.15, 0.2) is 5.82 Å². The third-order valence-corrected chi connectivity index (χ3v) is 2.87. The number of nitrogens with zero attached hydrogens (tertiary/aromatic N) is 3. The van der Waals surface area contributed by atoms with Crippen LogP contribution in [0.5, 0.6) is 0 Å². The number of rotatable bonds is 1. The van der Waals surface area contributed by atoms with Gasteiger partial charge in [0.2, 0.25) is 0 Å². The van der Waals surface area contributed by atoms with Gasteiger partial charge in [0.1, 0.15) is 0 Å². The fraction of sp³-hybridized carbons (Fsp3) is 0. The minimum Gasteiger partial charge on any atom is -0.229 e. The summed E-state index contributed by atoms with van der Waals surface area (Å²) in [6.45, 7) is 0. The molecule has 2 aromatic heterocycles. The molecule has 0 N–H and O–H groups in total. The zero-order valence-corrected chi connectivity index (χ0v) is 9.92. The molecule has 0 spiro atoms. The lowest BCUT2D eigenvalue weighted by Crippen LogP contribution is -1.97. The Kier molecular flexibility index (Phi) is 2.22. The van der Waals surface area contributed by atoms with E-state index in [9.17, 15) is 0 Å². The zero-order chi connectivity index (χ0) is 11.0. The first-order valence-corrected chi connectivity index (χ1v) is 5.68. The predicted molar refractivity (Wildman–Crippen MR) is 66.6 cm³/mol. The van der Waals surface area contributed by atoms with E-state index in [1.165, 1.54) is 0 Å². The van der Waals surface area contributed by atoms with Gasteiger partial charge in [0.05, 0.1) is 5.52 Å². The molecule has 0 amide bonds. The summed E-state index contributed by atoms with van der Waals surface area (Å²) in [7, 11) is 0. The molecule has 0 aliphatic rings. The summed E-state index contributed by atoms with van der Waals surface area (Å²) >= 11 is 3.44. The van der Waals surface area contributed by atoms with E-state index in [4.69, 9.17) is 0 Å². The highest BCUT2D eigenvalue weighted by Gasteiger charge is 2.00. The molecule has 1 aromatic carbocycles. The number of pyridine rings is 1. The molecule has 0 fully saturated rings. The Balaban J connectivity index is 2.20. The number of benzene rings is 1. The van der Waals surface area contributed by atoms with Crippen molar-refractivity contribution in [2.75, 3.05) is 0 Å². The van der Waals surface area contributed by atoms with Crippen LogP contribution in [0, 0.1) is 0 Å². The minimum atomic E-state index is 0.833. The molecule has 0 saturated carbocycles. The zero-order valence-electron chi connectivity index (χ0n) is 8.34. The van der Waals surface area contributed by atoms with Crippen molar-refractivity contribution in [1.29, 1.82) is 0 Å². The lowest BCUT2D eigenvalue weighted by Gasteiger charge is -2.02. The van der Waals surface area contributed by atoms with Crippen molar-refractivity contribution in [3.05, 3.63) is 53.3 Å². The first-order chi connectivity index (χ1) is 7.83. The largest absolute Gasteiger partial charge is 0.229 e. The van der Waals surface area contributed by atoms with E-state index in [2.05, 4.69) is 32.1 Å². The number of fused-ring (bicyclic) bond motifs is 1. The second kappa shape index (κ2) is 3.72. The maximum atomic E-state index is 4.54. The summed E-state index contributed by atoms with van der Waals surface area (Å²) in [5.41, 5.74) is 0.969. The van der Waals surface area contributed by atoms with E-state index < -0.39 is 0 Å². The normalized spacial score (nSPS) is 10.8. The van der Waals surface area contributed by atoms with E-state index in [0.717, 1.165) is 21.2 Å². The molecule has 78 valence electrons. The molecule has 4 heteroatoms. The molecule has 3 nitrogen and oxygen atoms in total. The molecule has 0 atom stereocenters. The van der Waals surface area contributed by atoms with Crippen LogP contribution < -0.4 is 0 Å². The van der Waals surface area contributed by atoms with E-state index in [1.807, 2.05) is 36.5 Å². The first-order valence-electron chi connectivity index (χ1n) is 4.89. The Morgan fingerprint density at radius 3 is 2.88 bits per heavy atom. The van der Waals surface area contributed by atoms with E-state index >= 15 is 0 Å². The molecule has 0 aliphatic carbocycles. The third kappa shape index (κ3) is 1.61. The van der Waals surface area contributed by atoms with Gasteiger partial charge >= 0.3 is 0 Å². The van der Waals surface area contributed by atoms with Crippen LogP contribution >= 0.6 is 15.9 Å². The van der Waals surface area contributed by atoms with E-state index in [1.54, 1.807) is 10.9 Å². The Bertz CT molecular complexity index is 632. The van der Waals surface area contributed by atoms with Gasteiger partial charge in [0.25, 0.3) is 0 Å². The van der Waals surface area contributed by atoms with Gasteiger partial charge in [-0.15, -0.1) is 0 Å². The van der Waals surface area contributed by atoms with Crippen LogP contribution in [-0.4, -0.2) is 14.8 Å². The second-order valence-corrected chi connectivity index (χ2v) is 4.37. The van der Waals surface area contributed by atoms with Crippen LogP contribution in [0.15, 0.2) is 53.3 Å². The summed E-state index contributed by atoms with van der Waals surface area (Å²) in [5.74, 6) is 0.833. The number of hydrogen-bond donors (Lipinski definition) is 0. The van der Waals surface area contributed by atoms with Gasteiger partial charge in [-0.2, -0.15) is 5.10 Å². The first kappa shape index (κ1) is 9.54. The van der Waals surface area contributed by atoms with Gasteiger partial charge < -0.3 is 0 Å². The van der Waals surface area contributed by atoms with E-state index in [0.29, 0.717) is 0 Å². The third-order valence-electron chi connectivity index (χ3n) is 2.38. The predicted octanol–water partition coefficient (Wildman–Crippen LogP) is 3.18. The fourth-order valence-electron chi connectivity index (χ4n) is 1.62. The summed E-state index contributed by atoms with van der Waals surface area (Å²) in [5, 5.41) is 5.27. The number of hydrogen-bond acceptors (Lipinski definition) is 2.